The van der Waals surface area contributed by atoms with Gasteiger partial charge in [0.25, 0.3) is 5.56 Å². The van der Waals surface area contributed by atoms with Gasteiger partial charge < -0.3 is 5.43 Å². The Balaban J connectivity index is 2.00. The highest BCUT2D eigenvalue weighted by atomic mass is 32.1. The van der Waals surface area contributed by atoms with E-state index in [1.807, 2.05) is 5.38 Å². The third-order valence-corrected chi connectivity index (χ3v) is 3.59. The molecule has 0 saturated carbocycles. The minimum atomic E-state index is -0.0563. The lowest BCUT2D eigenvalue weighted by molar-refractivity contribution is 0.731. The maximum atomic E-state index is 12.2. The Morgan fingerprint density at radius 1 is 1.37 bits per heavy atom. The summed E-state index contributed by atoms with van der Waals surface area (Å²) in [6.07, 6.45) is 3.19. The van der Waals surface area contributed by atoms with Gasteiger partial charge in [0, 0.05) is 6.20 Å². The molecule has 3 heterocycles. The molecule has 3 aromatic heterocycles. The lowest BCUT2D eigenvalue weighted by Crippen LogP contribution is -2.21. The Morgan fingerprint density at radius 2 is 2.26 bits per heavy atom. The molecule has 3 N–H and O–H groups in total. The number of hydrazine groups is 1. The van der Waals surface area contributed by atoms with Crippen LogP contribution in [0.5, 0.6) is 0 Å². The maximum Gasteiger partial charge on any atom is 0.262 e. The largest absolute Gasteiger partial charge is 0.324 e. The summed E-state index contributed by atoms with van der Waals surface area (Å²) in [5.41, 5.74) is 3.99. The van der Waals surface area contributed by atoms with Crippen molar-refractivity contribution in [1.82, 2.24) is 14.5 Å². The Bertz CT molecular complexity index is 779. The van der Waals surface area contributed by atoms with Crippen LogP contribution in [0.3, 0.4) is 0 Å². The van der Waals surface area contributed by atoms with E-state index < -0.39 is 0 Å². The normalized spacial score (nSPS) is 10.8. The van der Waals surface area contributed by atoms with Gasteiger partial charge in [-0.2, -0.15) is 0 Å². The zero-order valence-corrected chi connectivity index (χ0v) is 10.7. The van der Waals surface area contributed by atoms with Crippen LogP contribution in [0.25, 0.3) is 10.2 Å². The van der Waals surface area contributed by atoms with Crippen molar-refractivity contribution < 1.29 is 0 Å². The number of rotatable bonds is 3. The van der Waals surface area contributed by atoms with Gasteiger partial charge in [0.2, 0.25) is 0 Å². The third-order valence-electron chi connectivity index (χ3n) is 2.77. The lowest BCUT2D eigenvalue weighted by Gasteiger charge is -2.06. The summed E-state index contributed by atoms with van der Waals surface area (Å²) >= 11 is 1.46. The number of aromatic nitrogens is 3. The number of pyridine rings is 1. The second-order valence-corrected chi connectivity index (χ2v) is 4.89. The molecule has 0 saturated heterocycles. The fourth-order valence-corrected chi connectivity index (χ4v) is 2.56. The minimum absolute atomic E-state index is 0.0563. The summed E-state index contributed by atoms with van der Waals surface area (Å²) in [6, 6.07) is 5.34. The van der Waals surface area contributed by atoms with Gasteiger partial charge in [0.05, 0.1) is 29.6 Å². The molecular weight excluding hydrogens is 262 g/mol. The van der Waals surface area contributed by atoms with E-state index in [9.17, 15) is 4.79 Å². The molecular formula is C12H11N5OS. The Kier molecular flexibility index (Phi) is 2.98. The highest BCUT2D eigenvalue weighted by Gasteiger charge is 2.06. The lowest BCUT2D eigenvalue weighted by atomic mass is 10.3. The molecule has 0 atom stereocenters. The van der Waals surface area contributed by atoms with Crippen LogP contribution in [0.2, 0.25) is 0 Å². The number of fused-ring (bicyclic) bond motifs is 1. The number of hydrogen-bond donors (Lipinski definition) is 2. The zero-order valence-electron chi connectivity index (χ0n) is 9.91. The van der Waals surface area contributed by atoms with E-state index in [0.29, 0.717) is 11.9 Å². The molecule has 3 rings (SSSR count). The molecule has 0 aromatic carbocycles. The van der Waals surface area contributed by atoms with Crippen molar-refractivity contribution in [2.45, 2.75) is 6.54 Å². The van der Waals surface area contributed by atoms with E-state index in [1.54, 1.807) is 30.7 Å². The average molecular weight is 273 g/mol. The fraction of sp³-hybridized carbons (Fsp3) is 0.0833. The molecule has 0 bridgehead atoms. The number of nitrogens with one attached hydrogen (secondary N) is 1. The van der Waals surface area contributed by atoms with Crippen molar-refractivity contribution in [2.75, 3.05) is 5.43 Å². The van der Waals surface area contributed by atoms with Gasteiger partial charge >= 0.3 is 0 Å². The molecule has 0 amide bonds. The number of thiophene rings is 1. The van der Waals surface area contributed by atoms with Gasteiger partial charge in [-0.05, 0) is 23.6 Å². The van der Waals surface area contributed by atoms with Gasteiger partial charge in [0.1, 0.15) is 4.83 Å². The topological polar surface area (TPSA) is 85.8 Å². The van der Waals surface area contributed by atoms with E-state index in [0.717, 1.165) is 16.2 Å². The Hall–Kier alpha value is -2.25. The van der Waals surface area contributed by atoms with Crippen LogP contribution in [0, 0.1) is 0 Å². The molecule has 0 spiro atoms. The predicted octanol–water partition coefficient (Wildman–Crippen LogP) is 1.19. The number of hydrogen-bond acceptors (Lipinski definition) is 6. The van der Waals surface area contributed by atoms with Crippen molar-refractivity contribution in [3.05, 3.63) is 52.2 Å². The van der Waals surface area contributed by atoms with Crippen LogP contribution in [-0.2, 0) is 6.54 Å². The van der Waals surface area contributed by atoms with Crippen molar-refractivity contribution in [2.24, 2.45) is 5.84 Å². The molecule has 19 heavy (non-hydrogen) atoms. The fourth-order valence-electron chi connectivity index (χ4n) is 1.83. The van der Waals surface area contributed by atoms with Gasteiger partial charge in [-0.25, -0.2) is 4.98 Å². The predicted molar refractivity (Wildman–Crippen MR) is 75.0 cm³/mol. The maximum absolute atomic E-state index is 12.2. The van der Waals surface area contributed by atoms with Gasteiger partial charge in [-0.3, -0.25) is 20.2 Å². The number of nitrogens with zero attached hydrogens (tertiary/aromatic N) is 3. The van der Waals surface area contributed by atoms with Crippen LogP contribution in [0.15, 0.2) is 40.9 Å². The molecule has 0 radical (unpaired) electrons. The molecule has 0 unspecified atom stereocenters. The molecule has 0 fully saturated rings. The second kappa shape index (κ2) is 4.79. The number of nitrogens with two attached hydrogens (primary N) is 1. The highest BCUT2D eigenvalue weighted by Crippen LogP contribution is 2.14. The smallest absolute Gasteiger partial charge is 0.262 e. The van der Waals surface area contributed by atoms with Crippen LogP contribution in [-0.4, -0.2) is 14.5 Å². The quantitative estimate of drug-likeness (QED) is 0.553. The van der Waals surface area contributed by atoms with Gasteiger partial charge in [0.15, 0.2) is 0 Å². The van der Waals surface area contributed by atoms with Crippen LogP contribution in [0.1, 0.15) is 5.69 Å². The van der Waals surface area contributed by atoms with E-state index >= 15 is 0 Å². The Morgan fingerprint density at radius 3 is 3.11 bits per heavy atom. The first-order valence-electron chi connectivity index (χ1n) is 5.62. The number of nitrogen functional groups attached to an aromatic ring is 1. The van der Waals surface area contributed by atoms with Crippen molar-refractivity contribution >= 4 is 27.2 Å². The molecule has 6 nitrogen and oxygen atoms in total. The first-order chi connectivity index (χ1) is 9.28. The van der Waals surface area contributed by atoms with Crippen LogP contribution in [0.4, 0.5) is 5.69 Å². The summed E-state index contributed by atoms with van der Waals surface area (Å²) in [5, 5.41) is 2.50. The number of anilines is 1. The van der Waals surface area contributed by atoms with E-state index in [2.05, 4.69) is 15.4 Å². The molecule has 3 aromatic rings. The molecule has 0 aliphatic rings. The molecule has 0 aliphatic carbocycles. The highest BCUT2D eigenvalue weighted by molar-refractivity contribution is 7.16. The third kappa shape index (κ3) is 2.20. The summed E-state index contributed by atoms with van der Waals surface area (Å²) < 4.78 is 1.54. The van der Waals surface area contributed by atoms with Crippen LogP contribution < -0.4 is 16.8 Å². The van der Waals surface area contributed by atoms with E-state index in [-0.39, 0.29) is 5.56 Å². The molecule has 96 valence electrons. The Labute approximate surface area is 112 Å². The van der Waals surface area contributed by atoms with Crippen molar-refractivity contribution in [3.63, 3.8) is 0 Å². The summed E-state index contributed by atoms with van der Waals surface area (Å²) in [4.78, 5) is 21.4. The molecule has 0 aliphatic heterocycles. The first-order valence-corrected chi connectivity index (χ1v) is 6.50. The summed E-state index contributed by atoms with van der Waals surface area (Å²) in [6.45, 7) is 0.368. The summed E-state index contributed by atoms with van der Waals surface area (Å²) in [7, 11) is 0. The first kappa shape index (κ1) is 11.8. The summed E-state index contributed by atoms with van der Waals surface area (Å²) in [5.74, 6) is 5.35. The monoisotopic (exact) mass is 273 g/mol. The van der Waals surface area contributed by atoms with Crippen LogP contribution >= 0.6 is 11.3 Å². The van der Waals surface area contributed by atoms with Gasteiger partial charge in [-0.15, -0.1) is 11.3 Å². The van der Waals surface area contributed by atoms with E-state index in [4.69, 9.17) is 5.84 Å². The standard InChI is InChI=1S/C12H11N5OS/c13-16-8-1-3-14-9(5-8)6-17-7-15-11-10(12(17)18)2-4-19-11/h1-5,7H,6,13H2,(H,14,16). The molecule has 7 heteroatoms. The van der Waals surface area contributed by atoms with Crippen molar-refractivity contribution in [3.8, 4) is 0 Å². The zero-order chi connectivity index (χ0) is 13.2. The second-order valence-electron chi connectivity index (χ2n) is 4.00. The van der Waals surface area contributed by atoms with Gasteiger partial charge in [-0.1, -0.05) is 0 Å². The average Bonchev–Trinajstić information content (AvgIpc) is 2.91. The minimum Gasteiger partial charge on any atom is -0.324 e. The van der Waals surface area contributed by atoms with E-state index in [1.165, 1.54) is 15.9 Å². The SMILES string of the molecule is NNc1ccnc(Cn2cnc3sccc3c2=O)c1. The van der Waals surface area contributed by atoms with Crippen molar-refractivity contribution in [1.29, 1.82) is 0 Å².